The van der Waals surface area contributed by atoms with E-state index < -0.39 is 23.9 Å². The fourth-order valence-electron chi connectivity index (χ4n) is 0.779. The molecule has 5 heteroatoms. The van der Waals surface area contributed by atoms with Crippen molar-refractivity contribution in [1.29, 1.82) is 0 Å². The van der Waals surface area contributed by atoms with Crippen molar-refractivity contribution in [2.24, 2.45) is 0 Å². The Labute approximate surface area is 66.7 Å². The van der Waals surface area contributed by atoms with E-state index in [0.717, 1.165) is 12.1 Å². The van der Waals surface area contributed by atoms with Gasteiger partial charge >= 0.3 is 5.97 Å². The van der Waals surface area contributed by atoms with Gasteiger partial charge in [0.2, 0.25) is 5.56 Å². The van der Waals surface area contributed by atoms with Crippen LogP contribution in [0.5, 0.6) is 0 Å². The first-order valence-corrected chi connectivity index (χ1v) is 3.19. The molecule has 0 fully saturated rings. The lowest BCUT2D eigenvalue weighted by Crippen LogP contribution is -2.11. The van der Waals surface area contributed by atoms with Crippen molar-refractivity contribution < 1.29 is 14.3 Å². The topological polar surface area (TPSA) is 70.2 Å². The van der Waals surface area contributed by atoms with Crippen molar-refractivity contribution in [2.75, 3.05) is 0 Å². The van der Waals surface area contributed by atoms with Gasteiger partial charge in [-0.1, -0.05) is 0 Å². The molecule has 0 saturated carbocycles. The maximum atomic E-state index is 12.7. The highest BCUT2D eigenvalue weighted by Gasteiger charge is 2.06. The molecule has 64 valence electrons. The van der Waals surface area contributed by atoms with Crippen LogP contribution in [0.1, 0.15) is 5.56 Å². The minimum Gasteiger partial charge on any atom is -0.481 e. The standard InChI is InChI=1S/C7H6FNO3/c8-7-4(3-6(11)12)1-2-5(10)9-7/h1-2H,3H2,(H,9,10)(H,11,12). The molecule has 0 aromatic carbocycles. The number of carboxylic acids is 1. The number of halogens is 1. The predicted octanol–water partition coefficient (Wildman–Crippen LogP) is 0.141. The molecule has 0 radical (unpaired) electrons. The predicted molar refractivity (Wildman–Crippen MR) is 38.4 cm³/mol. The van der Waals surface area contributed by atoms with E-state index in [0.29, 0.717) is 0 Å². The van der Waals surface area contributed by atoms with E-state index in [2.05, 4.69) is 0 Å². The van der Waals surface area contributed by atoms with Gasteiger partial charge in [0, 0.05) is 11.6 Å². The van der Waals surface area contributed by atoms with E-state index in [-0.39, 0.29) is 5.56 Å². The zero-order chi connectivity index (χ0) is 9.14. The highest BCUT2D eigenvalue weighted by Crippen LogP contribution is 2.01. The molecule has 0 aliphatic heterocycles. The van der Waals surface area contributed by atoms with Crippen molar-refractivity contribution in [3.05, 3.63) is 34.0 Å². The van der Waals surface area contributed by atoms with Gasteiger partial charge in [-0.05, 0) is 6.07 Å². The first kappa shape index (κ1) is 8.45. The minimum atomic E-state index is -1.14. The van der Waals surface area contributed by atoms with Crippen molar-refractivity contribution in [3.8, 4) is 0 Å². The van der Waals surface area contributed by atoms with Gasteiger partial charge in [0.1, 0.15) is 0 Å². The molecule has 0 spiro atoms. The van der Waals surface area contributed by atoms with Gasteiger partial charge in [0.15, 0.2) is 5.95 Å². The third-order valence-corrected chi connectivity index (χ3v) is 1.29. The molecule has 1 rings (SSSR count). The van der Waals surface area contributed by atoms with E-state index in [9.17, 15) is 14.0 Å². The van der Waals surface area contributed by atoms with Crippen LogP contribution in [0.2, 0.25) is 0 Å². The van der Waals surface area contributed by atoms with E-state index >= 15 is 0 Å². The number of hydrogen-bond acceptors (Lipinski definition) is 2. The molecule has 12 heavy (non-hydrogen) atoms. The van der Waals surface area contributed by atoms with Crippen molar-refractivity contribution in [1.82, 2.24) is 4.98 Å². The number of H-pyrrole nitrogens is 1. The smallest absolute Gasteiger partial charge is 0.307 e. The second-order valence-corrected chi connectivity index (χ2v) is 2.23. The molecule has 0 unspecified atom stereocenters. The number of nitrogens with one attached hydrogen (secondary N) is 1. The average Bonchev–Trinajstić information content (AvgIpc) is 1.94. The second kappa shape index (κ2) is 3.17. The van der Waals surface area contributed by atoms with Gasteiger partial charge in [0.05, 0.1) is 6.42 Å². The van der Waals surface area contributed by atoms with Crippen LogP contribution in [-0.2, 0) is 11.2 Å². The van der Waals surface area contributed by atoms with E-state index in [1.54, 1.807) is 0 Å². The number of carboxylic acid groups (broad SMARTS) is 1. The highest BCUT2D eigenvalue weighted by atomic mass is 19.1. The van der Waals surface area contributed by atoms with Crippen LogP contribution >= 0.6 is 0 Å². The maximum absolute atomic E-state index is 12.7. The second-order valence-electron chi connectivity index (χ2n) is 2.23. The average molecular weight is 171 g/mol. The Morgan fingerprint density at radius 2 is 2.25 bits per heavy atom. The molecule has 4 nitrogen and oxygen atoms in total. The summed E-state index contributed by atoms with van der Waals surface area (Å²) in [7, 11) is 0. The van der Waals surface area contributed by atoms with Crippen LogP contribution in [0.15, 0.2) is 16.9 Å². The molecule has 1 aromatic rings. The first-order valence-electron chi connectivity index (χ1n) is 3.19. The summed E-state index contributed by atoms with van der Waals surface area (Å²) in [6, 6.07) is 2.24. The molecule has 1 aromatic heterocycles. The molecule has 0 amide bonds. The summed E-state index contributed by atoms with van der Waals surface area (Å²) in [5, 5.41) is 8.30. The lowest BCUT2D eigenvalue weighted by Gasteiger charge is -1.96. The largest absolute Gasteiger partial charge is 0.481 e. The van der Waals surface area contributed by atoms with Crippen LogP contribution < -0.4 is 5.56 Å². The summed E-state index contributed by atoms with van der Waals surface area (Å²) in [4.78, 5) is 22.5. The zero-order valence-corrected chi connectivity index (χ0v) is 6.00. The van der Waals surface area contributed by atoms with Crippen molar-refractivity contribution in [2.45, 2.75) is 6.42 Å². The number of pyridine rings is 1. The summed E-state index contributed by atoms with van der Waals surface area (Å²) >= 11 is 0. The number of rotatable bonds is 2. The van der Waals surface area contributed by atoms with Crippen LogP contribution in [0.25, 0.3) is 0 Å². The molecule has 2 N–H and O–H groups in total. The quantitative estimate of drug-likeness (QED) is 0.622. The molecule has 1 heterocycles. The zero-order valence-electron chi connectivity index (χ0n) is 6.00. The van der Waals surface area contributed by atoms with Gasteiger partial charge < -0.3 is 5.11 Å². The summed E-state index contributed by atoms with van der Waals surface area (Å²) < 4.78 is 12.7. The molecule has 0 aliphatic rings. The monoisotopic (exact) mass is 171 g/mol. The van der Waals surface area contributed by atoms with E-state index in [4.69, 9.17) is 5.11 Å². The van der Waals surface area contributed by atoms with Gasteiger partial charge in [-0.25, -0.2) is 0 Å². The lowest BCUT2D eigenvalue weighted by atomic mass is 10.2. The molecular weight excluding hydrogens is 165 g/mol. The van der Waals surface area contributed by atoms with Crippen LogP contribution in [0.3, 0.4) is 0 Å². The molecule has 0 atom stereocenters. The third kappa shape index (κ3) is 1.91. The van der Waals surface area contributed by atoms with Gasteiger partial charge in [-0.3, -0.25) is 14.6 Å². The molecule has 0 saturated heterocycles. The fourth-order valence-corrected chi connectivity index (χ4v) is 0.779. The Morgan fingerprint density at radius 3 is 2.75 bits per heavy atom. The summed E-state index contributed by atoms with van der Waals surface area (Å²) in [5.41, 5.74) is -0.608. The Hall–Kier alpha value is -1.65. The summed E-state index contributed by atoms with van der Waals surface area (Å²) in [5.74, 6) is -2.02. The number of aromatic nitrogens is 1. The Balaban J connectivity index is 3.01. The molecular formula is C7H6FNO3. The number of carbonyl (C=O) groups is 1. The van der Waals surface area contributed by atoms with Crippen LogP contribution in [-0.4, -0.2) is 16.1 Å². The number of aliphatic carboxylic acids is 1. The SMILES string of the molecule is O=C(O)Cc1ccc(=O)[nH]c1F. The third-order valence-electron chi connectivity index (χ3n) is 1.29. The van der Waals surface area contributed by atoms with Crippen molar-refractivity contribution in [3.63, 3.8) is 0 Å². The molecule has 0 bridgehead atoms. The molecule has 0 aliphatic carbocycles. The Bertz CT molecular complexity index is 358. The normalized spacial score (nSPS) is 9.75. The van der Waals surface area contributed by atoms with Crippen molar-refractivity contribution >= 4 is 5.97 Å². The Kier molecular flexibility index (Phi) is 2.23. The van der Waals surface area contributed by atoms with Gasteiger partial charge in [-0.2, -0.15) is 4.39 Å². The van der Waals surface area contributed by atoms with E-state index in [1.807, 2.05) is 4.98 Å². The van der Waals surface area contributed by atoms with Crippen LogP contribution in [0.4, 0.5) is 4.39 Å². The van der Waals surface area contributed by atoms with Gasteiger partial charge in [0.25, 0.3) is 0 Å². The number of hydrogen-bond donors (Lipinski definition) is 2. The fraction of sp³-hybridized carbons (Fsp3) is 0.143. The summed E-state index contributed by atoms with van der Waals surface area (Å²) in [6.07, 6.45) is -0.428. The first-order chi connectivity index (χ1) is 5.59. The lowest BCUT2D eigenvalue weighted by molar-refractivity contribution is -0.136. The maximum Gasteiger partial charge on any atom is 0.307 e. The number of aromatic amines is 1. The van der Waals surface area contributed by atoms with Gasteiger partial charge in [-0.15, -0.1) is 0 Å². The highest BCUT2D eigenvalue weighted by molar-refractivity contribution is 5.70. The summed E-state index contributed by atoms with van der Waals surface area (Å²) in [6.45, 7) is 0. The Morgan fingerprint density at radius 1 is 1.58 bits per heavy atom. The minimum absolute atomic E-state index is 0.0258. The van der Waals surface area contributed by atoms with E-state index in [1.165, 1.54) is 0 Å². The van der Waals surface area contributed by atoms with Crippen LogP contribution in [0, 0.1) is 5.95 Å².